The third-order valence-electron chi connectivity index (χ3n) is 4.75. The normalized spacial score (nSPS) is 17.4. The number of nitrogens with zero attached hydrogens (tertiary/aromatic N) is 1. The maximum Gasteiger partial charge on any atom is 0.416 e. The summed E-state index contributed by atoms with van der Waals surface area (Å²) in [6, 6.07) is 8.66. The molecule has 0 saturated carbocycles. The molecule has 0 unspecified atom stereocenters. The average Bonchev–Trinajstić information content (AvgIpc) is 3.19. The second kappa shape index (κ2) is 8.67. The first kappa shape index (κ1) is 22.8. The van der Waals surface area contributed by atoms with E-state index < -0.39 is 38.6 Å². The van der Waals surface area contributed by atoms with Gasteiger partial charge < -0.3 is 10.6 Å². The van der Waals surface area contributed by atoms with Gasteiger partial charge in [0.25, 0.3) is 0 Å². The molecule has 2 N–H and O–H groups in total. The van der Waals surface area contributed by atoms with Crippen molar-refractivity contribution in [3.05, 3.63) is 54.1 Å². The van der Waals surface area contributed by atoms with Crippen LogP contribution in [0.4, 0.5) is 24.5 Å². The van der Waals surface area contributed by atoms with E-state index in [-0.39, 0.29) is 18.9 Å². The lowest BCUT2D eigenvalue weighted by molar-refractivity contribution is -0.137. The molecule has 1 saturated heterocycles. The highest BCUT2D eigenvalue weighted by Crippen LogP contribution is 2.33. The Balaban J connectivity index is 1.78. The molecule has 0 bridgehead atoms. The van der Waals surface area contributed by atoms with Gasteiger partial charge in [0.2, 0.25) is 21.8 Å². The highest BCUT2D eigenvalue weighted by molar-refractivity contribution is 7.89. The number of rotatable bonds is 5. The van der Waals surface area contributed by atoms with E-state index in [1.54, 1.807) is 24.3 Å². The molecule has 31 heavy (non-hydrogen) atoms. The van der Waals surface area contributed by atoms with Crippen molar-refractivity contribution in [1.82, 2.24) is 4.31 Å². The number of amides is 2. The largest absolute Gasteiger partial charge is 0.416 e. The monoisotopic (exact) mass is 455 g/mol. The number of carbonyl (C=O) groups excluding carboxylic acids is 2. The van der Waals surface area contributed by atoms with Crippen LogP contribution in [0.25, 0.3) is 0 Å². The Morgan fingerprint density at radius 3 is 2.23 bits per heavy atom. The Bertz CT molecular complexity index is 1090. The summed E-state index contributed by atoms with van der Waals surface area (Å²) >= 11 is 0. The SMILES string of the molecule is CC(=O)Nc1ccc(NC(=O)[C@@H]2CCCN2S(=O)(=O)c2cccc(C(F)(F)F)c2)cc1. The van der Waals surface area contributed by atoms with Gasteiger partial charge in [0.15, 0.2) is 0 Å². The zero-order valence-electron chi connectivity index (χ0n) is 16.4. The van der Waals surface area contributed by atoms with E-state index >= 15 is 0 Å². The smallest absolute Gasteiger partial charge is 0.326 e. The van der Waals surface area contributed by atoms with Crippen LogP contribution < -0.4 is 10.6 Å². The summed E-state index contributed by atoms with van der Waals surface area (Å²) in [5.74, 6) is -0.835. The van der Waals surface area contributed by atoms with Gasteiger partial charge in [-0.1, -0.05) is 6.07 Å². The van der Waals surface area contributed by atoms with Crippen LogP contribution in [0, 0.1) is 0 Å². The van der Waals surface area contributed by atoms with Gasteiger partial charge >= 0.3 is 6.18 Å². The van der Waals surface area contributed by atoms with Gasteiger partial charge in [-0.05, 0) is 55.3 Å². The number of nitrogens with one attached hydrogen (secondary N) is 2. The molecular weight excluding hydrogens is 435 g/mol. The summed E-state index contributed by atoms with van der Waals surface area (Å²) in [5, 5.41) is 5.20. The average molecular weight is 455 g/mol. The van der Waals surface area contributed by atoms with Crippen molar-refractivity contribution in [2.45, 2.75) is 36.9 Å². The molecule has 0 radical (unpaired) electrons. The molecule has 1 aliphatic heterocycles. The van der Waals surface area contributed by atoms with Crippen molar-refractivity contribution in [2.24, 2.45) is 0 Å². The fourth-order valence-electron chi connectivity index (χ4n) is 3.32. The number of alkyl halides is 3. The molecule has 1 aliphatic rings. The Morgan fingerprint density at radius 1 is 1.03 bits per heavy atom. The zero-order chi connectivity index (χ0) is 22.8. The zero-order valence-corrected chi connectivity index (χ0v) is 17.3. The highest BCUT2D eigenvalue weighted by atomic mass is 32.2. The first-order valence-electron chi connectivity index (χ1n) is 9.36. The van der Waals surface area contributed by atoms with Crippen LogP contribution in [0.5, 0.6) is 0 Å². The molecule has 11 heteroatoms. The summed E-state index contributed by atoms with van der Waals surface area (Å²) < 4.78 is 65.8. The highest BCUT2D eigenvalue weighted by Gasteiger charge is 2.40. The van der Waals surface area contributed by atoms with E-state index in [0.29, 0.717) is 23.9 Å². The quantitative estimate of drug-likeness (QED) is 0.722. The van der Waals surface area contributed by atoms with Crippen molar-refractivity contribution in [3.8, 4) is 0 Å². The number of hydrogen-bond acceptors (Lipinski definition) is 4. The van der Waals surface area contributed by atoms with Gasteiger partial charge in [0.1, 0.15) is 6.04 Å². The summed E-state index contributed by atoms with van der Waals surface area (Å²) in [6.45, 7) is 1.38. The third kappa shape index (κ3) is 5.23. The van der Waals surface area contributed by atoms with Crippen LogP contribution >= 0.6 is 0 Å². The van der Waals surface area contributed by atoms with E-state index in [4.69, 9.17) is 0 Å². The van der Waals surface area contributed by atoms with Crippen molar-refractivity contribution in [3.63, 3.8) is 0 Å². The molecule has 7 nitrogen and oxygen atoms in total. The molecule has 3 rings (SSSR count). The van der Waals surface area contributed by atoms with Crippen molar-refractivity contribution in [2.75, 3.05) is 17.2 Å². The minimum Gasteiger partial charge on any atom is -0.326 e. The first-order valence-corrected chi connectivity index (χ1v) is 10.8. The van der Waals surface area contributed by atoms with Gasteiger partial charge in [0, 0.05) is 24.8 Å². The van der Waals surface area contributed by atoms with Gasteiger partial charge in [-0.2, -0.15) is 17.5 Å². The van der Waals surface area contributed by atoms with Crippen LogP contribution in [-0.2, 0) is 25.8 Å². The third-order valence-corrected chi connectivity index (χ3v) is 6.65. The molecule has 2 amide bonds. The molecule has 1 atom stereocenters. The number of hydrogen-bond donors (Lipinski definition) is 2. The summed E-state index contributed by atoms with van der Waals surface area (Å²) in [4.78, 5) is 23.3. The number of sulfonamides is 1. The minimum absolute atomic E-state index is 0.0259. The van der Waals surface area contributed by atoms with Crippen LogP contribution in [0.15, 0.2) is 53.4 Å². The molecule has 1 heterocycles. The number of halogens is 3. The molecule has 0 aromatic heterocycles. The number of anilines is 2. The minimum atomic E-state index is -4.68. The fraction of sp³-hybridized carbons (Fsp3) is 0.300. The predicted molar refractivity (Wildman–Crippen MR) is 108 cm³/mol. The standard InChI is InChI=1S/C20H20F3N3O4S/c1-13(27)24-15-7-9-16(10-8-15)25-19(28)18-6-3-11-26(18)31(29,30)17-5-2-4-14(12-17)20(21,22)23/h2,4-5,7-10,12,18H,3,6,11H2,1H3,(H,24,27)(H,25,28)/t18-/m0/s1. The maximum atomic E-state index is 13.0. The van der Waals surface area contributed by atoms with Crippen molar-refractivity contribution in [1.29, 1.82) is 0 Å². The second-order valence-electron chi connectivity index (χ2n) is 7.05. The Morgan fingerprint density at radius 2 is 1.65 bits per heavy atom. The van der Waals surface area contributed by atoms with E-state index in [1.165, 1.54) is 6.92 Å². The molecule has 2 aromatic carbocycles. The fourth-order valence-corrected chi connectivity index (χ4v) is 5.03. The van der Waals surface area contributed by atoms with Gasteiger partial charge in [-0.15, -0.1) is 0 Å². The summed E-state index contributed by atoms with van der Waals surface area (Å²) in [7, 11) is -4.30. The Hall–Kier alpha value is -2.92. The molecule has 166 valence electrons. The van der Waals surface area contributed by atoms with Crippen molar-refractivity contribution >= 4 is 33.2 Å². The van der Waals surface area contributed by atoms with E-state index in [0.717, 1.165) is 22.5 Å². The lowest BCUT2D eigenvalue weighted by atomic mass is 10.2. The molecule has 1 fully saturated rings. The molecule has 0 aliphatic carbocycles. The van der Waals surface area contributed by atoms with E-state index in [9.17, 15) is 31.2 Å². The summed E-state index contributed by atoms with van der Waals surface area (Å²) in [5.41, 5.74) is -0.157. The van der Waals surface area contributed by atoms with Gasteiger partial charge in [-0.25, -0.2) is 8.42 Å². The molecule has 0 spiro atoms. The van der Waals surface area contributed by atoms with Crippen LogP contribution in [0.3, 0.4) is 0 Å². The van der Waals surface area contributed by atoms with Gasteiger partial charge in [-0.3, -0.25) is 9.59 Å². The predicted octanol–water partition coefficient (Wildman–Crippen LogP) is 3.46. The number of benzene rings is 2. The molecule has 2 aromatic rings. The van der Waals surface area contributed by atoms with Crippen LogP contribution in [0.1, 0.15) is 25.3 Å². The van der Waals surface area contributed by atoms with Crippen LogP contribution in [0.2, 0.25) is 0 Å². The Labute approximate surface area is 177 Å². The van der Waals surface area contributed by atoms with Crippen LogP contribution in [-0.4, -0.2) is 37.1 Å². The topological polar surface area (TPSA) is 95.6 Å². The second-order valence-corrected chi connectivity index (χ2v) is 8.94. The van der Waals surface area contributed by atoms with E-state index in [2.05, 4.69) is 10.6 Å². The van der Waals surface area contributed by atoms with E-state index in [1.807, 2.05) is 0 Å². The lowest BCUT2D eigenvalue weighted by Gasteiger charge is -2.24. The summed E-state index contributed by atoms with van der Waals surface area (Å²) in [6.07, 6.45) is -4.04. The lowest BCUT2D eigenvalue weighted by Crippen LogP contribution is -2.43. The van der Waals surface area contributed by atoms with Crippen molar-refractivity contribution < 1.29 is 31.2 Å². The van der Waals surface area contributed by atoms with Gasteiger partial charge in [0.05, 0.1) is 10.5 Å². The number of carbonyl (C=O) groups is 2. The first-order chi connectivity index (χ1) is 14.5. The Kier molecular flexibility index (Phi) is 6.37. The molecular formula is C20H20F3N3O4S. The maximum absolute atomic E-state index is 13.0.